The summed E-state index contributed by atoms with van der Waals surface area (Å²) in [5, 5.41) is 5.76. The fourth-order valence-electron chi connectivity index (χ4n) is 2.39. The minimum atomic E-state index is -0.135. The Morgan fingerprint density at radius 3 is 2.43 bits per heavy atom. The third kappa shape index (κ3) is 4.44. The molecule has 0 saturated carbocycles. The van der Waals surface area contributed by atoms with Crippen molar-refractivity contribution in [3.8, 4) is 0 Å². The smallest absolute Gasteiger partial charge is 0.315 e. The number of carbonyl (C=O) groups is 2. The van der Waals surface area contributed by atoms with Crippen LogP contribution in [0, 0.1) is 0 Å². The molecule has 1 saturated heterocycles. The molecule has 0 unspecified atom stereocenters. The monoisotopic (exact) mass is 290 g/mol. The first-order valence-electron chi connectivity index (χ1n) is 7.32. The van der Waals surface area contributed by atoms with E-state index in [1.807, 2.05) is 18.7 Å². The molecular weight excluding hydrogens is 268 g/mol. The van der Waals surface area contributed by atoms with Gasteiger partial charge < -0.3 is 15.5 Å². The van der Waals surface area contributed by atoms with Crippen molar-refractivity contribution in [1.82, 2.24) is 20.5 Å². The highest BCUT2D eigenvalue weighted by Crippen LogP contribution is 2.13. The van der Waals surface area contributed by atoms with E-state index in [0.717, 1.165) is 12.8 Å². The number of hydrogen-bond donors (Lipinski definition) is 2. The van der Waals surface area contributed by atoms with E-state index in [2.05, 4.69) is 15.6 Å². The Bertz CT molecular complexity index is 482. The van der Waals surface area contributed by atoms with E-state index in [-0.39, 0.29) is 24.0 Å². The van der Waals surface area contributed by atoms with Crippen molar-refractivity contribution in [2.24, 2.45) is 0 Å². The zero-order valence-electron chi connectivity index (χ0n) is 12.5. The summed E-state index contributed by atoms with van der Waals surface area (Å²) in [6.45, 7) is 5.17. The lowest BCUT2D eigenvalue weighted by Gasteiger charge is -2.32. The highest BCUT2D eigenvalue weighted by molar-refractivity contribution is 5.94. The predicted molar refractivity (Wildman–Crippen MR) is 80.0 cm³/mol. The van der Waals surface area contributed by atoms with Crippen molar-refractivity contribution >= 4 is 11.9 Å². The van der Waals surface area contributed by atoms with Gasteiger partial charge in [0.2, 0.25) is 0 Å². The third-order valence-corrected chi connectivity index (χ3v) is 3.46. The number of pyridine rings is 1. The van der Waals surface area contributed by atoms with Crippen molar-refractivity contribution in [2.45, 2.75) is 38.8 Å². The van der Waals surface area contributed by atoms with Gasteiger partial charge in [0.25, 0.3) is 5.91 Å². The van der Waals surface area contributed by atoms with Crippen LogP contribution in [0.15, 0.2) is 24.5 Å². The number of hydrogen-bond acceptors (Lipinski definition) is 3. The Morgan fingerprint density at radius 1 is 1.24 bits per heavy atom. The fourth-order valence-corrected chi connectivity index (χ4v) is 2.39. The van der Waals surface area contributed by atoms with Gasteiger partial charge in [-0.15, -0.1) is 0 Å². The van der Waals surface area contributed by atoms with Gasteiger partial charge in [0.15, 0.2) is 0 Å². The maximum absolute atomic E-state index is 12.3. The average molecular weight is 290 g/mol. The second-order valence-corrected chi connectivity index (χ2v) is 5.57. The van der Waals surface area contributed by atoms with Crippen LogP contribution in [-0.2, 0) is 0 Å². The lowest BCUT2D eigenvalue weighted by atomic mass is 10.0. The van der Waals surface area contributed by atoms with E-state index in [0.29, 0.717) is 18.7 Å². The van der Waals surface area contributed by atoms with Gasteiger partial charge in [-0.05, 0) is 38.8 Å². The van der Waals surface area contributed by atoms with E-state index < -0.39 is 0 Å². The van der Waals surface area contributed by atoms with Crippen LogP contribution in [0.2, 0.25) is 0 Å². The Labute approximate surface area is 124 Å². The average Bonchev–Trinajstić information content (AvgIpc) is 2.47. The first kappa shape index (κ1) is 15.3. The van der Waals surface area contributed by atoms with Crippen LogP contribution >= 0.6 is 0 Å². The normalized spacial score (nSPS) is 15.9. The summed E-state index contributed by atoms with van der Waals surface area (Å²) < 4.78 is 0. The zero-order chi connectivity index (χ0) is 15.2. The van der Waals surface area contributed by atoms with Gasteiger partial charge in [-0.25, -0.2) is 4.79 Å². The summed E-state index contributed by atoms with van der Waals surface area (Å²) in [6, 6.07) is 3.57. The van der Waals surface area contributed by atoms with Gasteiger partial charge in [0.1, 0.15) is 0 Å². The van der Waals surface area contributed by atoms with E-state index in [1.54, 1.807) is 24.5 Å². The SMILES string of the molecule is CC(C)NC(=O)NC1CCN(C(=O)c2ccncc2)CC1. The quantitative estimate of drug-likeness (QED) is 0.883. The molecule has 1 aromatic rings. The molecular formula is C15H22N4O2. The molecule has 1 aromatic heterocycles. The summed E-state index contributed by atoms with van der Waals surface area (Å²) in [5.41, 5.74) is 0.661. The number of carbonyl (C=O) groups excluding carboxylic acids is 2. The summed E-state index contributed by atoms with van der Waals surface area (Å²) in [5.74, 6) is 0.0301. The van der Waals surface area contributed by atoms with Crippen molar-refractivity contribution in [1.29, 1.82) is 0 Å². The summed E-state index contributed by atoms with van der Waals surface area (Å²) in [6.07, 6.45) is 4.81. The molecule has 2 N–H and O–H groups in total. The van der Waals surface area contributed by atoms with Crippen molar-refractivity contribution in [2.75, 3.05) is 13.1 Å². The first-order valence-corrected chi connectivity index (χ1v) is 7.32. The fraction of sp³-hybridized carbons (Fsp3) is 0.533. The largest absolute Gasteiger partial charge is 0.338 e. The van der Waals surface area contributed by atoms with Crippen molar-refractivity contribution in [3.05, 3.63) is 30.1 Å². The van der Waals surface area contributed by atoms with E-state index in [1.165, 1.54) is 0 Å². The van der Waals surface area contributed by atoms with Gasteiger partial charge in [-0.2, -0.15) is 0 Å². The molecule has 1 aliphatic rings. The molecule has 1 aliphatic heterocycles. The second-order valence-electron chi connectivity index (χ2n) is 5.57. The molecule has 6 nitrogen and oxygen atoms in total. The highest BCUT2D eigenvalue weighted by atomic mass is 16.2. The number of nitrogens with zero attached hydrogens (tertiary/aromatic N) is 2. The maximum Gasteiger partial charge on any atom is 0.315 e. The van der Waals surface area contributed by atoms with Gasteiger partial charge in [0.05, 0.1) is 0 Å². The van der Waals surface area contributed by atoms with Gasteiger partial charge in [0, 0.05) is 43.1 Å². The number of amides is 3. The van der Waals surface area contributed by atoms with Crippen LogP contribution in [0.1, 0.15) is 37.0 Å². The minimum Gasteiger partial charge on any atom is -0.338 e. The number of aromatic nitrogens is 1. The van der Waals surface area contributed by atoms with Crippen molar-refractivity contribution in [3.63, 3.8) is 0 Å². The van der Waals surface area contributed by atoms with Gasteiger partial charge in [-0.3, -0.25) is 9.78 Å². The van der Waals surface area contributed by atoms with Crippen LogP contribution in [0.5, 0.6) is 0 Å². The van der Waals surface area contributed by atoms with E-state index in [9.17, 15) is 9.59 Å². The summed E-state index contributed by atoms with van der Waals surface area (Å²) >= 11 is 0. The molecule has 0 atom stereocenters. The molecule has 2 heterocycles. The lowest BCUT2D eigenvalue weighted by molar-refractivity contribution is 0.0708. The summed E-state index contributed by atoms with van der Waals surface area (Å²) in [4.78, 5) is 29.7. The molecule has 0 spiro atoms. The molecule has 3 amide bonds. The van der Waals surface area contributed by atoms with Crippen LogP contribution in [0.4, 0.5) is 4.79 Å². The van der Waals surface area contributed by atoms with Gasteiger partial charge in [-0.1, -0.05) is 0 Å². The molecule has 0 aromatic carbocycles. The number of rotatable bonds is 3. The van der Waals surface area contributed by atoms with Crippen LogP contribution in [0.3, 0.4) is 0 Å². The number of urea groups is 1. The number of nitrogens with one attached hydrogen (secondary N) is 2. The molecule has 2 rings (SSSR count). The van der Waals surface area contributed by atoms with Gasteiger partial charge >= 0.3 is 6.03 Å². The lowest BCUT2D eigenvalue weighted by Crippen LogP contribution is -2.50. The van der Waals surface area contributed by atoms with E-state index >= 15 is 0 Å². The summed E-state index contributed by atoms with van der Waals surface area (Å²) in [7, 11) is 0. The molecule has 6 heteroatoms. The first-order chi connectivity index (χ1) is 10.1. The molecule has 0 aliphatic carbocycles. The predicted octanol–water partition coefficient (Wildman–Crippen LogP) is 1.39. The maximum atomic E-state index is 12.3. The molecule has 0 bridgehead atoms. The standard InChI is InChI=1S/C15H22N4O2/c1-11(2)17-15(21)18-13-5-9-19(10-6-13)14(20)12-3-7-16-8-4-12/h3-4,7-8,11,13H,5-6,9-10H2,1-2H3,(H2,17,18,21). The zero-order valence-corrected chi connectivity index (χ0v) is 12.5. The molecule has 1 fully saturated rings. The molecule has 21 heavy (non-hydrogen) atoms. The Balaban J connectivity index is 1.81. The number of piperidine rings is 1. The minimum absolute atomic E-state index is 0.0301. The third-order valence-electron chi connectivity index (χ3n) is 3.46. The Kier molecular flexibility index (Phi) is 5.14. The highest BCUT2D eigenvalue weighted by Gasteiger charge is 2.24. The molecule has 114 valence electrons. The Hall–Kier alpha value is -2.11. The van der Waals surface area contributed by atoms with E-state index in [4.69, 9.17) is 0 Å². The second kappa shape index (κ2) is 7.06. The van der Waals surface area contributed by atoms with Crippen LogP contribution in [0.25, 0.3) is 0 Å². The number of likely N-dealkylation sites (tertiary alicyclic amines) is 1. The molecule has 0 radical (unpaired) electrons. The Morgan fingerprint density at radius 2 is 1.86 bits per heavy atom. The van der Waals surface area contributed by atoms with Crippen LogP contribution < -0.4 is 10.6 Å². The van der Waals surface area contributed by atoms with Crippen LogP contribution in [-0.4, -0.2) is 47.0 Å². The topological polar surface area (TPSA) is 74.3 Å². The van der Waals surface area contributed by atoms with Crippen molar-refractivity contribution < 1.29 is 9.59 Å².